The largest absolute Gasteiger partial charge is 0.347 e. The normalized spacial score (nSPS) is 33.9. The van der Waals surface area contributed by atoms with Crippen molar-refractivity contribution in [2.45, 2.75) is 45.6 Å². The van der Waals surface area contributed by atoms with Crippen molar-refractivity contribution >= 4 is 5.91 Å². The summed E-state index contributed by atoms with van der Waals surface area (Å²) in [5.74, 6) is 0.829. The first-order valence-corrected chi connectivity index (χ1v) is 5.19. The molecule has 1 fully saturated rings. The average molecular weight is 183 g/mol. The lowest BCUT2D eigenvalue weighted by atomic mass is 10.0. The summed E-state index contributed by atoms with van der Waals surface area (Å²) < 4.78 is 0. The first-order valence-electron chi connectivity index (χ1n) is 5.19. The number of nitrogens with one attached hydrogen (secondary N) is 1. The molecule has 2 aliphatic carbocycles. The Bertz CT molecular complexity index is 227. The monoisotopic (exact) mass is 183 g/mol. The van der Waals surface area contributed by atoms with E-state index >= 15 is 0 Å². The molecule has 0 radical (unpaired) electrons. The Morgan fingerprint density at radius 2 is 2.31 bits per heavy atom. The molecule has 2 nitrogen and oxygen atoms in total. The molecule has 76 valence electrons. The van der Waals surface area contributed by atoms with Crippen molar-refractivity contribution in [2.24, 2.45) is 5.92 Å². The molecule has 2 unspecified atom stereocenters. The van der Waals surface area contributed by atoms with Gasteiger partial charge in [-0.05, 0) is 25.2 Å². The maximum absolute atomic E-state index is 10.8. The highest BCUT2D eigenvalue weighted by molar-refractivity contribution is 5.75. The third kappa shape index (κ3) is 2.11. The molecule has 2 atom stereocenters. The fourth-order valence-electron chi connectivity index (χ4n) is 2.03. The number of hydrogen-bond donors (Lipinski definition) is 1. The predicted molar refractivity (Wildman–Crippen MR) is 56.5 cm³/mol. The molecule has 1 N–H and O–H groups in total. The Labute approximate surface area is 81.9 Å². The van der Waals surface area contributed by atoms with E-state index in [9.17, 15) is 4.79 Å². The zero-order valence-electron chi connectivity index (χ0n) is 8.76. The van der Waals surface area contributed by atoms with Crippen LogP contribution < -0.4 is 5.32 Å². The van der Waals surface area contributed by atoms with Crippen LogP contribution in [-0.4, -0.2) is 11.4 Å². The fourth-order valence-corrected chi connectivity index (χ4v) is 2.03. The number of allylic oxidation sites excluding steroid dienone is 1. The first-order chi connectivity index (χ1) is 6.23. The van der Waals surface area contributed by atoms with Crippen LogP contribution in [0.4, 0.5) is 0 Å². The molecule has 2 aliphatic rings. The van der Waals surface area contributed by atoms with E-state index in [0.29, 0.717) is 0 Å². The van der Waals surface area contributed by atoms with Crippen LogP contribution >= 0.6 is 0 Å². The molecule has 0 spiro atoms. The summed E-state index contributed by atoms with van der Waals surface area (Å²) in [6, 6.07) is 0. The summed E-state index contributed by atoms with van der Waals surface area (Å²) in [4.78, 5) is 10.8. The first kappa shape index (κ1) is 10.3. The predicted octanol–water partition coefficient (Wildman–Crippen LogP) is 2.50. The number of carbonyl (C=O) groups is 1. The summed E-state index contributed by atoms with van der Waals surface area (Å²) in [5.41, 5.74) is 0.0874. The zero-order chi connectivity index (χ0) is 9.90. The van der Waals surface area contributed by atoms with E-state index in [-0.39, 0.29) is 12.9 Å². The molecular formula is C11H21NO. The quantitative estimate of drug-likeness (QED) is 0.622. The van der Waals surface area contributed by atoms with E-state index < -0.39 is 0 Å². The molecule has 0 heterocycles. The molecule has 0 aromatic rings. The lowest BCUT2D eigenvalue weighted by Gasteiger charge is -2.16. The summed E-state index contributed by atoms with van der Waals surface area (Å²) in [6.45, 7) is 5.59. The van der Waals surface area contributed by atoms with Gasteiger partial charge in [0.05, 0.1) is 5.54 Å². The molecule has 0 aliphatic heterocycles. The van der Waals surface area contributed by atoms with E-state index in [0.717, 1.165) is 12.3 Å². The third-order valence-electron chi connectivity index (χ3n) is 2.66. The topological polar surface area (TPSA) is 29.1 Å². The molecule has 13 heavy (non-hydrogen) atoms. The molecule has 0 bridgehead atoms. The molecule has 1 amide bonds. The van der Waals surface area contributed by atoms with E-state index in [1.165, 1.54) is 12.8 Å². The Hall–Kier alpha value is -0.790. The number of fused-ring (bicyclic) bond motifs is 1. The molecule has 0 aromatic heterocycles. The van der Waals surface area contributed by atoms with Gasteiger partial charge < -0.3 is 5.32 Å². The van der Waals surface area contributed by atoms with Gasteiger partial charge in [-0.2, -0.15) is 0 Å². The van der Waals surface area contributed by atoms with Gasteiger partial charge in [-0.1, -0.05) is 26.0 Å². The van der Waals surface area contributed by atoms with Gasteiger partial charge >= 0.3 is 0 Å². The fraction of sp³-hybridized carbons (Fsp3) is 0.727. The molecule has 2 rings (SSSR count). The van der Waals surface area contributed by atoms with Crippen molar-refractivity contribution in [3.8, 4) is 0 Å². The van der Waals surface area contributed by atoms with E-state index in [4.69, 9.17) is 0 Å². The Morgan fingerprint density at radius 3 is 2.85 bits per heavy atom. The molecular weight excluding hydrogens is 162 g/mol. The lowest BCUT2D eigenvalue weighted by Crippen LogP contribution is -2.36. The van der Waals surface area contributed by atoms with E-state index in [2.05, 4.69) is 17.5 Å². The number of hydrogen-bond acceptors (Lipinski definition) is 1. The van der Waals surface area contributed by atoms with Crippen molar-refractivity contribution in [1.82, 2.24) is 5.32 Å². The van der Waals surface area contributed by atoms with Gasteiger partial charge in [-0.15, -0.1) is 0 Å². The van der Waals surface area contributed by atoms with Crippen LogP contribution in [-0.2, 0) is 4.79 Å². The Morgan fingerprint density at radius 1 is 1.62 bits per heavy atom. The SMILES string of the molecule is CC.CC(=O)NC12C=CCCC1C2.[HH]. The number of rotatable bonds is 1. The standard InChI is InChI=1S/C9H13NO.C2H6.H2/c1-7(11)10-9-5-3-2-4-8(9)6-9;1-2;/h3,5,8H,2,4,6H2,1H3,(H,10,11);1-2H3;1H. The minimum Gasteiger partial charge on any atom is -0.347 e. The molecule has 0 saturated heterocycles. The van der Waals surface area contributed by atoms with Crippen molar-refractivity contribution in [1.29, 1.82) is 0 Å². The van der Waals surface area contributed by atoms with Gasteiger partial charge in [-0.25, -0.2) is 0 Å². The molecule has 2 heteroatoms. The van der Waals surface area contributed by atoms with Gasteiger partial charge in [0.25, 0.3) is 0 Å². The lowest BCUT2D eigenvalue weighted by molar-refractivity contribution is -0.119. The van der Waals surface area contributed by atoms with Crippen LogP contribution in [0.15, 0.2) is 12.2 Å². The van der Waals surface area contributed by atoms with Crippen molar-refractivity contribution in [2.75, 3.05) is 0 Å². The molecule has 1 saturated carbocycles. The van der Waals surface area contributed by atoms with Crippen LogP contribution in [0.2, 0.25) is 0 Å². The van der Waals surface area contributed by atoms with Crippen molar-refractivity contribution in [3.05, 3.63) is 12.2 Å². The van der Waals surface area contributed by atoms with Crippen molar-refractivity contribution in [3.63, 3.8) is 0 Å². The highest BCUT2D eigenvalue weighted by Crippen LogP contribution is 2.50. The third-order valence-corrected chi connectivity index (χ3v) is 2.66. The Kier molecular flexibility index (Phi) is 3.12. The average Bonchev–Trinajstić information content (AvgIpc) is 2.80. The maximum Gasteiger partial charge on any atom is 0.217 e. The number of carbonyl (C=O) groups excluding carboxylic acids is 1. The second kappa shape index (κ2) is 3.95. The minimum absolute atomic E-state index is 0. The smallest absolute Gasteiger partial charge is 0.217 e. The number of amides is 1. The van der Waals surface area contributed by atoms with Gasteiger partial charge in [0.15, 0.2) is 0 Å². The maximum atomic E-state index is 10.8. The molecule has 0 aromatic carbocycles. The summed E-state index contributed by atoms with van der Waals surface area (Å²) >= 11 is 0. The minimum atomic E-state index is 0. The summed E-state index contributed by atoms with van der Waals surface area (Å²) in [5, 5.41) is 3.01. The summed E-state index contributed by atoms with van der Waals surface area (Å²) in [6.07, 6.45) is 7.94. The summed E-state index contributed by atoms with van der Waals surface area (Å²) in [7, 11) is 0. The van der Waals surface area contributed by atoms with Gasteiger partial charge in [0.2, 0.25) is 5.91 Å². The van der Waals surface area contributed by atoms with Crippen LogP contribution in [0.3, 0.4) is 0 Å². The van der Waals surface area contributed by atoms with Crippen LogP contribution in [0.5, 0.6) is 0 Å². The van der Waals surface area contributed by atoms with E-state index in [1.807, 2.05) is 13.8 Å². The van der Waals surface area contributed by atoms with Gasteiger partial charge in [0.1, 0.15) is 0 Å². The zero-order valence-corrected chi connectivity index (χ0v) is 8.76. The second-order valence-electron chi connectivity index (χ2n) is 3.60. The van der Waals surface area contributed by atoms with Crippen LogP contribution in [0.25, 0.3) is 0 Å². The van der Waals surface area contributed by atoms with E-state index in [1.54, 1.807) is 6.92 Å². The highest BCUT2D eigenvalue weighted by atomic mass is 16.1. The van der Waals surface area contributed by atoms with Gasteiger partial charge in [-0.3, -0.25) is 4.79 Å². The second-order valence-corrected chi connectivity index (χ2v) is 3.60. The Balaban J connectivity index is 0.000000531. The van der Waals surface area contributed by atoms with Crippen LogP contribution in [0.1, 0.15) is 41.5 Å². The van der Waals surface area contributed by atoms with Crippen molar-refractivity contribution < 1.29 is 6.22 Å². The highest BCUT2D eigenvalue weighted by Gasteiger charge is 2.53. The van der Waals surface area contributed by atoms with Gasteiger partial charge in [0, 0.05) is 8.35 Å². The van der Waals surface area contributed by atoms with Crippen LogP contribution in [0, 0.1) is 5.92 Å².